The highest BCUT2D eigenvalue weighted by Crippen LogP contribution is 2.29. The van der Waals surface area contributed by atoms with E-state index in [0.717, 1.165) is 44.1 Å². The molecule has 0 bridgehead atoms. The maximum absolute atomic E-state index is 13.8. The van der Waals surface area contributed by atoms with Crippen LogP contribution in [0.2, 0.25) is 0 Å². The number of carbonyl (C=O) groups is 1. The van der Waals surface area contributed by atoms with E-state index in [9.17, 15) is 14.4 Å². The smallest absolute Gasteiger partial charge is 0.330 e. The molecule has 2 aromatic rings. The standard InChI is InChI=1S/C25H35N5O4/c1-2-3-13-29-23(26)22(24(32)27-25(29)33)30(16-18-9-5-4-6-10-18)21(31)17-28-14-15-34-20-12-8-7-11-19(20)28/h4-6,9-10,19-20H,2-3,7-8,11-17,26H2,1H3,(H,27,32,33). The Kier molecular flexibility index (Phi) is 7.84. The van der Waals surface area contributed by atoms with Crippen molar-refractivity contribution in [1.29, 1.82) is 0 Å². The second kappa shape index (κ2) is 11.0. The Morgan fingerprint density at radius 1 is 1.21 bits per heavy atom. The van der Waals surface area contributed by atoms with E-state index in [1.54, 1.807) is 0 Å². The van der Waals surface area contributed by atoms with Crippen LogP contribution in [0.25, 0.3) is 0 Å². The second-order valence-electron chi connectivity index (χ2n) is 9.20. The van der Waals surface area contributed by atoms with Crippen molar-refractivity contribution in [2.24, 2.45) is 0 Å². The van der Waals surface area contributed by atoms with Crippen molar-refractivity contribution < 1.29 is 9.53 Å². The number of nitrogens with two attached hydrogens (primary N) is 1. The van der Waals surface area contributed by atoms with Crippen LogP contribution in [0, 0.1) is 0 Å². The summed E-state index contributed by atoms with van der Waals surface area (Å²) < 4.78 is 7.32. The molecule has 2 unspecified atom stereocenters. The number of aromatic nitrogens is 2. The summed E-state index contributed by atoms with van der Waals surface area (Å²) in [4.78, 5) is 45.2. The van der Waals surface area contributed by atoms with Crippen molar-refractivity contribution in [3.05, 3.63) is 56.7 Å². The first-order chi connectivity index (χ1) is 16.5. The zero-order chi connectivity index (χ0) is 24.1. The highest BCUT2D eigenvalue weighted by atomic mass is 16.5. The summed E-state index contributed by atoms with van der Waals surface area (Å²) in [7, 11) is 0. The normalized spacial score (nSPS) is 20.6. The molecule has 1 saturated heterocycles. The Morgan fingerprint density at radius 3 is 2.74 bits per heavy atom. The minimum absolute atomic E-state index is 0.0315. The van der Waals surface area contributed by atoms with Gasteiger partial charge in [0.2, 0.25) is 5.91 Å². The fourth-order valence-corrected chi connectivity index (χ4v) is 5.07. The number of carbonyl (C=O) groups excluding carboxylic acids is 1. The molecule has 0 radical (unpaired) electrons. The van der Waals surface area contributed by atoms with Crippen molar-refractivity contribution in [2.75, 3.05) is 30.3 Å². The van der Waals surface area contributed by atoms with E-state index in [1.807, 2.05) is 37.3 Å². The molecule has 1 amide bonds. The van der Waals surface area contributed by atoms with Gasteiger partial charge in [-0.3, -0.25) is 28.9 Å². The fraction of sp³-hybridized carbons (Fsp3) is 0.560. The molecule has 184 valence electrons. The van der Waals surface area contributed by atoms with Crippen LogP contribution in [0.1, 0.15) is 51.0 Å². The Bertz CT molecular complexity index is 1090. The summed E-state index contributed by atoms with van der Waals surface area (Å²) in [5.74, 6) is -0.183. The molecule has 9 nitrogen and oxygen atoms in total. The molecular formula is C25H35N5O4. The third kappa shape index (κ3) is 5.26. The summed E-state index contributed by atoms with van der Waals surface area (Å²) in [5.41, 5.74) is 6.09. The molecule has 1 saturated carbocycles. The van der Waals surface area contributed by atoms with E-state index in [2.05, 4.69) is 9.88 Å². The zero-order valence-corrected chi connectivity index (χ0v) is 19.9. The van der Waals surface area contributed by atoms with E-state index in [-0.39, 0.29) is 42.6 Å². The molecule has 34 heavy (non-hydrogen) atoms. The molecule has 1 aliphatic carbocycles. The lowest BCUT2D eigenvalue weighted by Gasteiger charge is -2.44. The van der Waals surface area contributed by atoms with E-state index < -0.39 is 11.2 Å². The Labute approximate surface area is 199 Å². The summed E-state index contributed by atoms with van der Waals surface area (Å²) in [6.45, 7) is 4.03. The van der Waals surface area contributed by atoms with Gasteiger partial charge in [-0.2, -0.15) is 0 Å². The third-order valence-electron chi connectivity index (χ3n) is 6.89. The Morgan fingerprint density at radius 2 is 1.97 bits per heavy atom. The van der Waals surface area contributed by atoms with Gasteiger partial charge in [0.15, 0.2) is 5.69 Å². The van der Waals surface area contributed by atoms with Gasteiger partial charge in [0.25, 0.3) is 5.56 Å². The molecule has 2 heterocycles. The van der Waals surface area contributed by atoms with Gasteiger partial charge >= 0.3 is 5.69 Å². The summed E-state index contributed by atoms with van der Waals surface area (Å²) in [5, 5.41) is 0. The number of nitrogens with zero attached hydrogens (tertiary/aromatic N) is 3. The molecular weight excluding hydrogens is 434 g/mol. The first-order valence-electron chi connectivity index (χ1n) is 12.3. The second-order valence-corrected chi connectivity index (χ2v) is 9.20. The number of nitrogen functional groups attached to an aromatic ring is 1. The number of benzene rings is 1. The predicted molar refractivity (Wildman–Crippen MR) is 132 cm³/mol. The maximum Gasteiger partial charge on any atom is 0.330 e. The van der Waals surface area contributed by atoms with Gasteiger partial charge in [-0.05, 0) is 24.8 Å². The van der Waals surface area contributed by atoms with Gasteiger partial charge in [0.05, 0.1) is 25.8 Å². The molecule has 2 atom stereocenters. The lowest BCUT2D eigenvalue weighted by atomic mass is 9.90. The van der Waals surface area contributed by atoms with Gasteiger partial charge in [-0.1, -0.05) is 56.5 Å². The number of ether oxygens (including phenoxy) is 1. The van der Waals surface area contributed by atoms with E-state index >= 15 is 0 Å². The highest BCUT2D eigenvalue weighted by molar-refractivity contribution is 5.96. The first-order valence-corrected chi connectivity index (χ1v) is 12.3. The van der Waals surface area contributed by atoms with Crippen molar-refractivity contribution in [1.82, 2.24) is 14.5 Å². The van der Waals surface area contributed by atoms with Crippen LogP contribution >= 0.6 is 0 Å². The Balaban J connectivity index is 1.68. The quantitative estimate of drug-likeness (QED) is 0.612. The molecule has 1 aromatic carbocycles. The summed E-state index contributed by atoms with van der Waals surface area (Å²) in [6, 6.07) is 9.70. The predicted octanol–water partition coefficient (Wildman–Crippen LogP) is 2.10. The number of H-pyrrole nitrogens is 1. The topological polar surface area (TPSA) is 114 Å². The van der Waals surface area contributed by atoms with Gasteiger partial charge in [0.1, 0.15) is 5.82 Å². The van der Waals surface area contributed by atoms with Gasteiger partial charge < -0.3 is 10.5 Å². The van der Waals surface area contributed by atoms with E-state index in [1.165, 1.54) is 9.47 Å². The SMILES string of the molecule is CCCCn1c(N)c(N(Cc2ccccc2)C(=O)CN2CCOC3CCCCC32)c(=O)[nH]c1=O. The van der Waals surface area contributed by atoms with Gasteiger partial charge in [-0.15, -0.1) is 0 Å². The molecule has 3 N–H and O–H groups in total. The number of unbranched alkanes of at least 4 members (excludes halogenated alkanes) is 1. The molecule has 0 spiro atoms. The van der Waals surface area contributed by atoms with Crippen LogP contribution in [-0.4, -0.2) is 52.2 Å². The lowest BCUT2D eigenvalue weighted by Crippen LogP contribution is -2.55. The van der Waals surface area contributed by atoms with E-state index in [0.29, 0.717) is 19.7 Å². The number of hydrogen-bond donors (Lipinski definition) is 2. The van der Waals surface area contributed by atoms with Crippen LogP contribution in [0.15, 0.2) is 39.9 Å². The summed E-state index contributed by atoms with van der Waals surface area (Å²) >= 11 is 0. The number of morpholine rings is 1. The van der Waals surface area contributed by atoms with Crippen molar-refractivity contribution >= 4 is 17.4 Å². The average Bonchev–Trinajstić information content (AvgIpc) is 2.84. The zero-order valence-electron chi connectivity index (χ0n) is 19.9. The monoisotopic (exact) mass is 469 g/mol. The Hall–Kier alpha value is -2.91. The lowest BCUT2D eigenvalue weighted by molar-refractivity contribution is -0.127. The number of aromatic amines is 1. The molecule has 1 aliphatic heterocycles. The summed E-state index contributed by atoms with van der Waals surface area (Å²) in [6.07, 6.45) is 6.04. The van der Waals surface area contributed by atoms with Crippen LogP contribution in [0.4, 0.5) is 11.5 Å². The largest absolute Gasteiger partial charge is 0.383 e. The van der Waals surface area contributed by atoms with Gasteiger partial charge in [-0.25, -0.2) is 4.79 Å². The van der Waals surface area contributed by atoms with Crippen LogP contribution < -0.4 is 21.9 Å². The van der Waals surface area contributed by atoms with Crippen molar-refractivity contribution in [3.8, 4) is 0 Å². The van der Waals surface area contributed by atoms with Crippen LogP contribution in [-0.2, 0) is 22.6 Å². The average molecular weight is 470 g/mol. The maximum atomic E-state index is 13.8. The van der Waals surface area contributed by atoms with Crippen LogP contribution in [0.3, 0.4) is 0 Å². The minimum Gasteiger partial charge on any atom is -0.383 e. The number of anilines is 2. The number of nitrogens with one attached hydrogen (secondary N) is 1. The van der Waals surface area contributed by atoms with Crippen molar-refractivity contribution in [3.63, 3.8) is 0 Å². The molecule has 1 aromatic heterocycles. The highest BCUT2D eigenvalue weighted by Gasteiger charge is 2.36. The van der Waals surface area contributed by atoms with Gasteiger partial charge in [0, 0.05) is 19.1 Å². The fourth-order valence-electron chi connectivity index (χ4n) is 5.07. The number of fused-ring (bicyclic) bond motifs is 1. The first kappa shape index (κ1) is 24.2. The molecule has 9 heteroatoms. The molecule has 2 aliphatic rings. The number of amides is 1. The minimum atomic E-state index is -0.642. The molecule has 4 rings (SSSR count). The third-order valence-corrected chi connectivity index (χ3v) is 6.89. The van der Waals surface area contributed by atoms with Crippen LogP contribution in [0.5, 0.6) is 0 Å². The number of hydrogen-bond acceptors (Lipinski definition) is 6. The molecule has 2 fully saturated rings. The number of rotatable bonds is 8. The van der Waals surface area contributed by atoms with Crippen molar-refractivity contribution in [2.45, 2.75) is 70.7 Å². The van der Waals surface area contributed by atoms with E-state index in [4.69, 9.17) is 10.5 Å².